The average molecular weight is 246 g/mol. The maximum atomic E-state index is 11.8. The molecule has 98 valence electrons. The number of carbonyl (C=O) groups excluding carboxylic acids is 1. The van der Waals surface area contributed by atoms with E-state index >= 15 is 0 Å². The predicted octanol–water partition coefficient (Wildman–Crippen LogP) is 3.93. The van der Waals surface area contributed by atoms with E-state index < -0.39 is 0 Å². The third-order valence-corrected chi connectivity index (χ3v) is 4.08. The molecule has 1 aliphatic rings. The molecule has 2 nitrogen and oxygen atoms in total. The number of hydrogen-bond acceptors (Lipinski definition) is 2. The highest BCUT2D eigenvalue weighted by atomic mass is 16.5. The van der Waals surface area contributed by atoms with Crippen LogP contribution in [0.3, 0.4) is 0 Å². The molecule has 0 aliphatic heterocycles. The van der Waals surface area contributed by atoms with Gasteiger partial charge in [0, 0.05) is 12.8 Å². The van der Waals surface area contributed by atoms with Gasteiger partial charge in [0.15, 0.2) is 0 Å². The van der Waals surface area contributed by atoms with Crippen molar-refractivity contribution in [1.82, 2.24) is 0 Å². The maximum absolute atomic E-state index is 11.8. The fourth-order valence-corrected chi connectivity index (χ4v) is 2.86. The summed E-state index contributed by atoms with van der Waals surface area (Å²) in [6.45, 7) is 4.19. The van der Waals surface area contributed by atoms with Gasteiger partial charge >= 0.3 is 0 Å². The number of methoxy groups -OCH3 is 1. The molecule has 1 aliphatic carbocycles. The van der Waals surface area contributed by atoms with Crippen molar-refractivity contribution in [2.45, 2.75) is 51.9 Å². The molecule has 1 saturated carbocycles. The molecule has 1 fully saturated rings. The first-order valence-electron chi connectivity index (χ1n) is 6.79. The molecule has 0 N–H and O–H groups in total. The van der Waals surface area contributed by atoms with E-state index in [1.54, 1.807) is 7.11 Å². The average Bonchev–Trinajstić information content (AvgIpc) is 2.57. The van der Waals surface area contributed by atoms with Gasteiger partial charge in [-0.1, -0.05) is 18.6 Å². The van der Waals surface area contributed by atoms with Gasteiger partial charge < -0.3 is 4.74 Å². The highest BCUT2D eigenvalue weighted by Crippen LogP contribution is 2.38. The lowest BCUT2D eigenvalue weighted by atomic mass is 9.88. The third kappa shape index (κ3) is 2.58. The third-order valence-electron chi connectivity index (χ3n) is 4.08. The lowest BCUT2D eigenvalue weighted by molar-refractivity contribution is -0.119. The van der Waals surface area contributed by atoms with Crippen LogP contribution in [-0.4, -0.2) is 12.9 Å². The number of rotatable bonds is 2. The SMILES string of the molecule is COc1c(C2CCCCC(=O)C2)ccc(C)c1C. The number of aryl methyl sites for hydroxylation is 1. The highest BCUT2D eigenvalue weighted by molar-refractivity contribution is 5.79. The van der Waals surface area contributed by atoms with Crippen LogP contribution in [0, 0.1) is 13.8 Å². The van der Waals surface area contributed by atoms with E-state index in [9.17, 15) is 4.79 Å². The van der Waals surface area contributed by atoms with Gasteiger partial charge in [0.25, 0.3) is 0 Å². The molecule has 0 bridgehead atoms. The van der Waals surface area contributed by atoms with Gasteiger partial charge in [-0.3, -0.25) is 4.79 Å². The minimum absolute atomic E-state index is 0.342. The lowest BCUT2D eigenvalue weighted by Crippen LogP contribution is -2.07. The molecule has 0 aromatic heterocycles. The number of benzene rings is 1. The van der Waals surface area contributed by atoms with Crippen molar-refractivity contribution in [1.29, 1.82) is 0 Å². The second-order valence-electron chi connectivity index (χ2n) is 5.32. The summed E-state index contributed by atoms with van der Waals surface area (Å²) in [5.74, 6) is 1.72. The summed E-state index contributed by atoms with van der Waals surface area (Å²) in [4.78, 5) is 11.8. The number of Topliss-reactive ketones (excluding diaryl/α,β-unsaturated/α-hetero) is 1. The fourth-order valence-electron chi connectivity index (χ4n) is 2.86. The van der Waals surface area contributed by atoms with Crippen LogP contribution in [0.2, 0.25) is 0 Å². The summed E-state index contributed by atoms with van der Waals surface area (Å²) in [5, 5.41) is 0. The van der Waals surface area contributed by atoms with E-state index in [4.69, 9.17) is 4.74 Å². The summed E-state index contributed by atoms with van der Waals surface area (Å²) >= 11 is 0. The minimum Gasteiger partial charge on any atom is -0.496 e. The van der Waals surface area contributed by atoms with Crippen LogP contribution in [-0.2, 0) is 4.79 Å². The van der Waals surface area contributed by atoms with Gasteiger partial charge in [0.2, 0.25) is 0 Å². The Morgan fingerprint density at radius 3 is 2.72 bits per heavy atom. The fraction of sp³-hybridized carbons (Fsp3) is 0.562. The molecule has 0 radical (unpaired) electrons. The highest BCUT2D eigenvalue weighted by Gasteiger charge is 2.23. The molecule has 0 heterocycles. The Labute approximate surface area is 109 Å². The smallest absolute Gasteiger partial charge is 0.133 e. The van der Waals surface area contributed by atoms with Crippen molar-refractivity contribution in [2.75, 3.05) is 7.11 Å². The summed E-state index contributed by atoms with van der Waals surface area (Å²) in [6.07, 6.45) is 4.72. The van der Waals surface area contributed by atoms with E-state index in [0.29, 0.717) is 18.1 Å². The number of hydrogen-bond donors (Lipinski definition) is 0. The molecular formula is C16H22O2. The topological polar surface area (TPSA) is 26.3 Å². The molecule has 1 atom stereocenters. The largest absolute Gasteiger partial charge is 0.496 e. The molecule has 0 spiro atoms. The normalized spacial score (nSPS) is 20.6. The maximum Gasteiger partial charge on any atom is 0.133 e. The molecule has 0 amide bonds. The van der Waals surface area contributed by atoms with Gasteiger partial charge in [-0.05, 0) is 49.3 Å². The van der Waals surface area contributed by atoms with E-state index in [1.807, 2.05) is 0 Å². The first kappa shape index (κ1) is 13.1. The Bertz CT molecular complexity index is 449. The monoisotopic (exact) mass is 246 g/mol. The van der Waals surface area contributed by atoms with E-state index in [1.165, 1.54) is 16.7 Å². The van der Waals surface area contributed by atoms with Crippen molar-refractivity contribution in [2.24, 2.45) is 0 Å². The first-order chi connectivity index (χ1) is 8.63. The van der Waals surface area contributed by atoms with Crippen LogP contribution < -0.4 is 4.74 Å². The van der Waals surface area contributed by atoms with Gasteiger partial charge in [0.05, 0.1) is 7.11 Å². The summed E-state index contributed by atoms with van der Waals surface area (Å²) in [5.41, 5.74) is 3.66. The van der Waals surface area contributed by atoms with Gasteiger partial charge in [0.1, 0.15) is 11.5 Å². The van der Waals surface area contributed by atoms with E-state index in [-0.39, 0.29) is 0 Å². The molecular weight excluding hydrogens is 224 g/mol. The van der Waals surface area contributed by atoms with Gasteiger partial charge in [-0.25, -0.2) is 0 Å². The Morgan fingerprint density at radius 1 is 1.22 bits per heavy atom. The van der Waals surface area contributed by atoms with E-state index in [2.05, 4.69) is 26.0 Å². The Kier molecular flexibility index (Phi) is 4.05. The Morgan fingerprint density at radius 2 is 2.00 bits per heavy atom. The van der Waals surface area contributed by atoms with Crippen LogP contribution in [0.15, 0.2) is 12.1 Å². The lowest BCUT2D eigenvalue weighted by Gasteiger charge is -2.20. The van der Waals surface area contributed by atoms with Gasteiger partial charge in [-0.2, -0.15) is 0 Å². The number of ether oxygens (including phenoxy) is 1. The minimum atomic E-state index is 0.342. The zero-order valence-electron chi connectivity index (χ0n) is 11.6. The molecule has 2 heteroatoms. The predicted molar refractivity (Wildman–Crippen MR) is 73.3 cm³/mol. The van der Waals surface area contributed by atoms with Gasteiger partial charge in [-0.15, -0.1) is 0 Å². The van der Waals surface area contributed by atoms with Crippen molar-refractivity contribution in [3.05, 3.63) is 28.8 Å². The van der Waals surface area contributed by atoms with Crippen LogP contribution >= 0.6 is 0 Å². The molecule has 1 unspecified atom stereocenters. The molecule has 1 aromatic carbocycles. The van der Waals surface area contributed by atoms with E-state index in [0.717, 1.165) is 31.4 Å². The zero-order chi connectivity index (χ0) is 13.1. The molecule has 1 aromatic rings. The standard InChI is InChI=1S/C16H22O2/c1-11-8-9-15(16(18-3)12(11)2)13-6-4-5-7-14(17)10-13/h8-9,13H,4-7,10H2,1-3H3. The van der Waals surface area contributed by atoms with Crippen LogP contribution in [0.5, 0.6) is 5.75 Å². The van der Waals surface area contributed by atoms with Crippen molar-refractivity contribution in [3.8, 4) is 5.75 Å². The van der Waals surface area contributed by atoms with Crippen molar-refractivity contribution >= 4 is 5.78 Å². The van der Waals surface area contributed by atoms with Crippen molar-refractivity contribution in [3.63, 3.8) is 0 Å². The second-order valence-corrected chi connectivity index (χ2v) is 5.32. The van der Waals surface area contributed by atoms with Crippen LogP contribution in [0.4, 0.5) is 0 Å². The summed E-state index contributed by atoms with van der Waals surface area (Å²) in [6, 6.07) is 4.28. The van der Waals surface area contributed by atoms with Crippen molar-refractivity contribution < 1.29 is 9.53 Å². The van der Waals surface area contributed by atoms with Crippen LogP contribution in [0.25, 0.3) is 0 Å². The molecule has 0 saturated heterocycles. The summed E-state index contributed by atoms with van der Waals surface area (Å²) < 4.78 is 5.57. The summed E-state index contributed by atoms with van der Waals surface area (Å²) in [7, 11) is 1.73. The molecule has 18 heavy (non-hydrogen) atoms. The van der Waals surface area contributed by atoms with Crippen LogP contribution in [0.1, 0.15) is 54.7 Å². The quantitative estimate of drug-likeness (QED) is 0.739. The Hall–Kier alpha value is -1.31. The molecule has 2 rings (SSSR count). The second kappa shape index (κ2) is 5.55. The number of ketones is 1. The first-order valence-corrected chi connectivity index (χ1v) is 6.79. The Balaban J connectivity index is 2.37. The number of carbonyl (C=O) groups is 1. The zero-order valence-corrected chi connectivity index (χ0v) is 11.6.